The molecule has 0 radical (unpaired) electrons. The number of hydrogen-bond donors (Lipinski definition) is 0. The molecule has 0 saturated heterocycles. The van der Waals surface area contributed by atoms with Gasteiger partial charge in [0.25, 0.3) is 0 Å². The second-order valence-corrected chi connectivity index (χ2v) is 7.12. The highest BCUT2D eigenvalue weighted by atomic mass is 16.5. The van der Waals surface area contributed by atoms with Gasteiger partial charge in [-0.15, -0.1) is 0 Å². The van der Waals surface area contributed by atoms with E-state index < -0.39 is 0 Å². The molecule has 2 aliphatic carbocycles. The molecule has 3 aromatic carbocycles. The first-order valence-corrected chi connectivity index (χ1v) is 8.93. The molecule has 0 atom stereocenters. The molecule has 0 bridgehead atoms. The van der Waals surface area contributed by atoms with Gasteiger partial charge in [0.1, 0.15) is 0 Å². The van der Waals surface area contributed by atoms with Gasteiger partial charge < -0.3 is 4.74 Å². The Hall–Kier alpha value is -3.13. The fraction of sp³-hybridized carbons (Fsp3) is 0.125. The smallest absolute Gasteiger partial charge is 0.338 e. The SMILES string of the molecule is CC(C)OC(=O)C1=CC2=Cc3c(ccc4c3ccc3ccccc34)C2=C1. The van der Waals surface area contributed by atoms with Crippen molar-refractivity contribution in [1.29, 1.82) is 0 Å². The second kappa shape index (κ2) is 5.43. The van der Waals surface area contributed by atoms with Crippen molar-refractivity contribution in [2.45, 2.75) is 20.0 Å². The highest BCUT2D eigenvalue weighted by Crippen LogP contribution is 2.44. The average molecular weight is 338 g/mol. The van der Waals surface area contributed by atoms with Crippen LogP contribution < -0.4 is 0 Å². The van der Waals surface area contributed by atoms with Crippen LogP contribution in [0.4, 0.5) is 0 Å². The fourth-order valence-corrected chi connectivity index (χ4v) is 3.94. The Kier molecular flexibility index (Phi) is 3.17. The number of fused-ring (bicyclic) bond motifs is 7. The Balaban J connectivity index is 1.65. The number of rotatable bonds is 2. The zero-order valence-corrected chi connectivity index (χ0v) is 14.7. The van der Waals surface area contributed by atoms with Crippen LogP contribution in [0.2, 0.25) is 0 Å². The van der Waals surface area contributed by atoms with Crippen LogP contribution in [0.15, 0.2) is 71.8 Å². The maximum atomic E-state index is 12.2. The van der Waals surface area contributed by atoms with Crippen molar-refractivity contribution in [3.05, 3.63) is 83.0 Å². The first-order chi connectivity index (χ1) is 12.6. The largest absolute Gasteiger partial charge is 0.459 e. The van der Waals surface area contributed by atoms with E-state index in [0.29, 0.717) is 5.57 Å². The predicted molar refractivity (Wildman–Crippen MR) is 107 cm³/mol. The summed E-state index contributed by atoms with van der Waals surface area (Å²) in [6.07, 6.45) is 5.97. The molecule has 5 rings (SSSR count). The number of ether oxygens (including phenoxy) is 1. The second-order valence-electron chi connectivity index (χ2n) is 7.12. The summed E-state index contributed by atoms with van der Waals surface area (Å²) in [5, 5.41) is 5.05. The maximum absolute atomic E-state index is 12.2. The molecule has 2 aliphatic rings. The van der Waals surface area contributed by atoms with E-state index in [1.807, 2.05) is 26.0 Å². The van der Waals surface area contributed by atoms with E-state index in [1.165, 1.54) is 32.7 Å². The van der Waals surface area contributed by atoms with E-state index in [4.69, 9.17) is 4.74 Å². The van der Waals surface area contributed by atoms with Gasteiger partial charge >= 0.3 is 5.97 Å². The Bertz CT molecular complexity index is 1190. The summed E-state index contributed by atoms with van der Waals surface area (Å²) in [4.78, 5) is 12.2. The van der Waals surface area contributed by atoms with E-state index in [9.17, 15) is 4.79 Å². The Morgan fingerprint density at radius 3 is 2.50 bits per heavy atom. The van der Waals surface area contributed by atoms with Crippen LogP contribution in [0.5, 0.6) is 0 Å². The molecule has 3 aromatic rings. The molecule has 0 fully saturated rings. The minimum absolute atomic E-state index is 0.110. The van der Waals surface area contributed by atoms with Crippen molar-refractivity contribution in [2.24, 2.45) is 0 Å². The lowest BCUT2D eigenvalue weighted by atomic mass is 9.95. The molecular weight excluding hydrogens is 320 g/mol. The summed E-state index contributed by atoms with van der Waals surface area (Å²) in [6.45, 7) is 3.73. The Labute approximate surface area is 152 Å². The van der Waals surface area contributed by atoms with Crippen LogP contribution in [-0.2, 0) is 9.53 Å². The molecule has 0 amide bonds. The molecule has 0 heterocycles. The summed E-state index contributed by atoms with van der Waals surface area (Å²) in [5.74, 6) is -0.254. The number of carbonyl (C=O) groups is 1. The number of esters is 1. The molecule has 2 nitrogen and oxygen atoms in total. The van der Waals surface area contributed by atoms with Crippen molar-refractivity contribution < 1.29 is 9.53 Å². The number of carbonyl (C=O) groups excluding carboxylic acids is 1. The van der Waals surface area contributed by atoms with Crippen LogP contribution in [0, 0.1) is 0 Å². The molecule has 0 unspecified atom stereocenters. The van der Waals surface area contributed by atoms with E-state index in [2.05, 4.69) is 54.6 Å². The summed E-state index contributed by atoms with van der Waals surface area (Å²) in [5.41, 5.74) is 5.26. The summed E-state index contributed by atoms with van der Waals surface area (Å²) >= 11 is 0. The van der Waals surface area contributed by atoms with Gasteiger partial charge in [0.2, 0.25) is 0 Å². The van der Waals surface area contributed by atoms with Gasteiger partial charge in [0, 0.05) is 0 Å². The monoisotopic (exact) mass is 338 g/mol. The molecule has 126 valence electrons. The third-order valence-corrected chi connectivity index (χ3v) is 5.06. The van der Waals surface area contributed by atoms with E-state index in [1.54, 1.807) is 0 Å². The van der Waals surface area contributed by atoms with Crippen molar-refractivity contribution in [3.63, 3.8) is 0 Å². The van der Waals surface area contributed by atoms with Crippen LogP contribution in [0.1, 0.15) is 25.0 Å². The summed E-state index contributed by atoms with van der Waals surface area (Å²) in [7, 11) is 0. The highest BCUT2D eigenvalue weighted by Gasteiger charge is 2.26. The third-order valence-electron chi connectivity index (χ3n) is 5.06. The van der Waals surface area contributed by atoms with Crippen LogP contribution >= 0.6 is 0 Å². The standard InChI is InChI=1S/C24H18O2/c1-14(2)26-24(25)17-11-16-12-23-20-8-7-15-5-3-4-6-18(15)19(20)9-10-21(23)22(16)13-17/h3-14H,1-2H3. The lowest BCUT2D eigenvalue weighted by Crippen LogP contribution is -2.12. The average Bonchev–Trinajstić information content (AvgIpc) is 3.19. The van der Waals surface area contributed by atoms with Crippen LogP contribution in [-0.4, -0.2) is 12.1 Å². The van der Waals surface area contributed by atoms with Gasteiger partial charge in [-0.25, -0.2) is 4.79 Å². The summed E-state index contributed by atoms with van der Waals surface area (Å²) in [6, 6.07) is 17.2. The molecule has 0 aromatic heterocycles. The predicted octanol–water partition coefficient (Wildman–Crippen LogP) is 5.67. The number of allylic oxidation sites excluding steroid dienone is 3. The van der Waals surface area contributed by atoms with Crippen LogP contribution in [0.3, 0.4) is 0 Å². The zero-order chi connectivity index (χ0) is 17.8. The molecule has 0 saturated carbocycles. The first kappa shape index (κ1) is 15.2. The number of hydrogen-bond acceptors (Lipinski definition) is 2. The lowest BCUT2D eigenvalue weighted by Gasteiger charge is -2.09. The molecule has 2 heteroatoms. The first-order valence-electron chi connectivity index (χ1n) is 8.93. The molecular formula is C24H18O2. The highest BCUT2D eigenvalue weighted by molar-refractivity contribution is 6.16. The fourth-order valence-electron chi connectivity index (χ4n) is 3.94. The van der Waals surface area contributed by atoms with E-state index in [-0.39, 0.29) is 12.1 Å². The van der Waals surface area contributed by atoms with E-state index in [0.717, 1.165) is 11.1 Å². The zero-order valence-electron chi connectivity index (χ0n) is 14.7. The van der Waals surface area contributed by atoms with Gasteiger partial charge in [0.15, 0.2) is 0 Å². The normalized spacial score (nSPS) is 15.0. The van der Waals surface area contributed by atoms with E-state index >= 15 is 0 Å². The van der Waals surface area contributed by atoms with Gasteiger partial charge in [-0.05, 0) is 75.9 Å². The minimum atomic E-state index is -0.254. The minimum Gasteiger partial charge on any atom is -0.459 e. The quantitative estimate of drug-likeness (QED) is 0.445. The topological polar surface area (TPSA) is 26.3 Å². The van der Waals surface area contributed by atoms with Gasteiger partial charge in [0.05, 0.1) is 11.7 Å². The van der Waals surface area contributed by atoms with Gasteiger partial charge in [-0.1, -0.05) is 48.5 Å². The van der Waals surface area contributed by atoms with Gasteiger partial charge in [-0.2, -0.15) is 0 Å². The van der Waals surface area contributed by atoms with Crippen molar-refractivity contribution in [2.75, 3.05) is 0 Å². The maximum Gasteiger partial charge on any atom is 0.338 e. The van der Waals surface area contributed by atoms with Crippen LogP contribution in [0.25, 0.3) is 33.2 Å². The lowest BCUT2D eigenvalue weighted by molar-refractivity contribution is -0.142. The molecule has 0 spiro atoms. The summed E-state index contributed by atoms with van der Waals surface area (Å²) < 4.78 is 5.33. The Morgan fingerprint density at radius 2 is 1.65 bits per heavy atom. The molecule has 0 N–H and O–H groups in total. The van der Waals surface area contributed by atoms with Gasteiger partial charge in [-0.3, -0.25) is 0 Å². The Morgan fingerprint density at radius 1 is 0.846 bits per heavy atom. The van der Waals surface area contributed by atoms with Crippen molar-refractivity contribution in [1.82, 2.24) is 0 Å². The third kappa shape index (κ3) is 2.15. The molecule has 26 heavy (non-hydrogen) atoms. The number of benzene rings is 3. The van der Waals surface area contributed by atoms with Crippen molar-refractivity contribution >= 4 is 39.2 Å². The molecule has 0 aliphatic heterocycles. The van der Waals surface area contributed by atoms with Crippen molar-refractivity contribution in [3.8, 4) is 0 Å².